The normalized spacial score (nSPS) is 15.6. The van der Waals surface area contributed by atoms with Gasteiger partial charge in [-0.25, -0.2) is 4.79 Å². The number of ether oxygens (including phenoxy) is 2. The van der Waals surface area contributed by atoms with Crippen LogP contribution in [0.3, 0.4) is 0 Å². The van der Waals surface area contributed by atoms with Gasteiger partial charge in [0, 0.05) is 5.25 Å². The molecule has 4 unspecified atom stereocenters. The molecule has 8 heteroatoms. The van der Waals surface area contributed by atoms with Crippen LogP contribution in [0.5, 0.6) is 0 Å². The van der Waals surface area contributed by atoms with Crippen molar-refractivity contribution in [2.24, 2.45) is 0 Å². The molecule has 0 bridgehead atoms. The van der Waals surface area contributed by atoms with Crippen LogP contribution in [0, 0.1) is 0 Å². The second kappa shape index (κ2) is 25.9. The summed E-state index contributed by atoms with van der Waals surface area (Å²) in [5, 5.41) is 0.155. The molecule has 0 rings (SSSR count). The van der Waals surface area contributed by atoms with Gasteiger partial charge in [-0.3, -0.25) is 4.57 Å². The topological polar surface area (TPSA) is 82.1 Å². The fourth-order valence-corrected chi connectivity index (χ4v) is 7.07. The molecule has 0 aliphatic heterocycles. The number of rotatable bonds is 28. The quantitative estimate of drug-likeness (QED) is 0.0560. The summed E-state index contributed by atoms with van der Waals surface area (Å²) in [6, 6.07) is 0. The van der Waals surface area contributed by atoms with Gasteiger partial charge in [-0.15, -0.1) is 0 Å². The molecule has 0 fully saturated rings. The van der Waals surface area contributed by atoms with Crippen LogP contribution in [-0.2, 0) is 23.4 Å². The van der Waals surface area contributed by atoms with Crippen molar-refractivity contribution in [2.45, 2.75) is 167 Å². The summed E-state index contributed by atoms with van der Waals surface area (Å²) in [5.41, 5.74) is 0. The Kier molecular flexibility index (Phi) is 25.8. The van der Waals surface area contributed by atoms with E-state index in [9.17, 15) is 14.3 Å². The van der Waals surface area contributed by atoms with Crippen molar-refractivity contribution in [3.8, 4) is 0 Å². The van der Waals surface area contributed by atoms with E-state index in [1.807, 2.05) is 25.6 Å². The molecule has 0 saturated carbocycles. The molecule has 38 heavy (non-hydrogen) atoms. The van der Waals surface area contributed by atoms with Crippen LogP contribution in [-0.4, -0.2) is 47.0 Å². The minimum Gasteiger partial charge on any atom is -0.464 e. The van der Waals surface area contributed by atoms with Gasteiger partial charge in [0.2, 0.25) is 0 Å². The highest BCUT2D eigenvalue weighted by molar-refractivity contribution is 7.99. The number of esters is 1. The standard InChI is InChI=1S/C30H61O6PS/c1-6-10-12-14-15-16-17-18-19-21-23-26-38-28(24-22-20-13-11-7-2)27(5)36-30(29(31)34-9-4)37(32,33)35-25-8-3/h27-28,30H,6-26H2,1-5H3,(H,32,33). The van der Waals surface area contributed by atoms with Crippen LogP contribution in [0.2, 0.25) is 0 Å². The summed E-state index contributed by atoms with van der Waals surface area (Å²) in [5.74, 6) is -1.38. The predicted octanol–water partition coefficient (Wildman–Crippen LogP) is 9.67. The van der Waals surface area contributed by atoms with Crippen molar-refractivity contribution < 1.29 is 28.3 Å². The van der Waals surface area contributed by atoms with E-state index in [2.05, 4.69) is 13.8 Å². The van der Waals surface area contributed by atoms with Gasteiger partial charge in [-0.1, -0.05) is 117 Å². The lowest BCUT2D eigenvalue weighted by Gasteiger charge is -2.29. The van der Waals surface area contributed by atoms with Crippen LogP contribution >= 0.6 is 19.4 Å². The number of hydrogen-bond donors (Lipinski definition) is 1. The van der Waals surface area contributed by atoms with Gasteiger partial charge >= 0.3 is 13.6 Å². The molecule has 0 aliphatic carbocycles. The van der Waals surface area contributed by atoms with Gasteiger partial charge < -0.3 is 18.9 Å². The maximum atomic E-state index is 12.9. The summed E-state index contributed by atoms with van der Waals surface area (Å²) >= 11 is 1.88. The first kappa shape index (κ1) is 37.9. The molecule has 1 N–H and O–H groups in total. The minimum atomic E-state index is -4.30. The first-order valence-corrected chi connectivity index (χ1v) is 18.4. The zero-order chi connectivity index (χ0) is 28.5. The van der Waals surface area contributed by atoms with E-state index >= 15 is 0 Å². The summed E-state index contributed by atoms with van der Waals surface area (Å²) in [6.45, 7) is 10.1. The van der Waals surface area contributed by atoms with Gasteiger partial charge in [0.05, 0.1) is 19.3 Å². The third kappa shape index (κ3) is 19.9. The second-order valence-electron chi connectivity index (χ2n) is 10.5. The predicted molar refractivity (Wildman–Crippen MR) is 163 cm³/mol. The van der Waals surface area contributed by atoms with Gasteiger partial charge in [0.1, 0.15) is 0 Å². The first-order chi connectivity index (χ1) is 18.3. The highest BCUT2D eigenvalue weighted by Gasteiger charge is 2.43. The molecule has 0 amide bonds. The number of thioether (sulfide) groups is 1. The molecule has 0 aliphatic rings. The van der Waals surface area contributed by atoms with Crippen LogP contribution in [0.25, 0.3) is 0 Å². The monoisotopic (exact) mass is 580 g/mol. The molecule has 0 spiro atoms. The van der Waals surface area contributed by atoms with Gasteiger partial charge in [0.15, 0.2) is 0 Å². The van der Waals surface area contributed by atoms with E-state index in [0.717, 1.165) is 18.6 Å². The zero-order valence-corrected chi connectivity index (χ0v) is 27.1. The highest BCUT2D eigenvalue weighted by Crippen LogP contribution is 2.49. The first-order valence-electron chi connectivity index (χ1n) is 15.7. The molecular formula is C30H61O6PS. The third-order valence-electron chi connectivity index (χ3n) is 6.80. The molecule has 0 aromatic rings. The average Bonchev–Trinajstić information content (AvgIpc) is 2.89. The highest BCUT2D eigenvalue weighted by atomic mass is 32.2. The lowest BCUT2D eigenvalue weighted by molar-refractivity contribution is -0.154. The van der Waals surface area contributed by atoms with Crippen molar-refractivity contribution in [1.29, 1.82) is 0 Å². The van der Waals surface area contributed by atoms with Crippen LogP contribution in [0.15, 0.2) is 0 Å². The fraction of sp³-hybridized carbons (Fsp3) is 0.967. The van der Waals surface area contributed by atoms with E-state index in [-0.39, 0.29) is 24.6 Å². The van der Waals surface area contributed by atoms with Crippen molar-refractivity contribution in [3.63, 3.8) is 0 Å². The SMILES string of the molecule is CCCCCCCCCCCCCSC(CCCCCCC)C(C)OC(C(=O)OCC)P(=O)(O)OCCC. The minimum absolute atomic E-state index is 0.0931. The van der Waals surface area contributed by atoms with Gasteiger partial charge in [-0.2, -0.15) is 11.8 Å². The van der Waals surface area contributed by atoms with Crippen molar-refractivity contribution in [2.75, 3.05) is 19.0 Å². The summed E-state index contributed by atoms with van der Waals surface area (Å²) in [6.07, 6.45) is 21.7. The summed E-state index contributed by atoms with van der Waals surface area (Å²) in [4.78, 5) is 23.0. The maximum Gasteiger partial charge on any atom is 0.368 e. The molecule has 0 aromatic carbocycles. The zero-order valence-electron chi connectivity index (χ0n) is 25.4. The second-order valence-corrected chi connectivity index (χ2v) is 13.7. The van der Waals surface area contributed by atoms with Crippen LogP contribution in [0.1, 0.15) is 150 Å². The third-order valence-corrected chi connectivity index (χ3v) is 9.85. The Morgan fingerprint density at radius 3 is 1.76 bits per heavy atom. The van der Waals surface area contributed by atoms with Crippen LogP contribution < -0.4 is 0 Å². The van der Waals surface area contributed by atoms with Crippen molar-refractivity contribution in [1.82, 2.24) is 0 Å². The summed E-state index contributed by atoms with van der Waals surface area (Å²) < 4.78 is 29.1. The lowest BCUT2D eigenvalue weighted by Crippen LogP contribution is -2.35. The number of unbranched alkanes of at least 4 members (excludes halogenated alkanes) is 14. The number of carbonyl (C=O) groups excluding carboxylic acids is 1. The lowest BCUT2D eigenvalue weighted by atomic mass is 10.1. The van der Waals surface area contributed by atoms with Crippen molar-refractivity contribution in [3.05, 3.63) is 0 Å². The van der Waals surface area contributed by atoms with E-state index in [0.29, 0.717) is 6.42 Å². The Balaban J connectivity index is 4.76. The van der Waals surface area contributed by atoms with E-state index in [1.165, 1.54) is 96.3 Å². The van der Waals surface area contributed by atoms with E-state index in [1.54, 1.807) is 6.92 Å². The fourth-order valence-electron chi connectivity index (χ4n) is 4.46. The Morgan fingerprint density at radius 1 is 0.763 bits per heavy atom. The summed E-state index contributed by atoms with van der Waals surface area (Å²) in [7, 11) is -4.30. The van der Waals surface area contributed by atoms with Crippen molar-refractivity contribution >= 4 is 25.3 Å². The molecule has 6 nitrogen and oxygen atoms in total. The molecule has 0 saturated heterocycles. The molecule has 4 atom stereocenters. The number of carbonyl (C=O) groups is 1. The average molecular weight is 581 g/mol. The number of hydrogen-bond acceptors (Lipinski definition) is 6. The maximum absolute atomic E-state index is 12.9. The molecule has 0 radical (unpaired) electrons. The largest absolute Gasteiger partial charge is 0.464 e. The molecule has 228 valence electrons. The molecular weight excluding hydrogens is 519 g/mol. The van der Waals surface area contributed by atoms with Gasteiger partial charge in [0.25, 0.3) is 5.85 Å². The van der Waals surface area contributed by atoms with Crippen LogP contribution in [0.4, 0.5) is 0 Å². The Morgan fingerprint density at radius 2 is 1.26 bits per heavy atom. The Bertz CT molecular complexity index is 591. The Labute approximate surface area is 239 Å². The Hall–Kier alpha value is -0.0700. The van der Waals surface area contributed by atoms with Gasteiger partial charge in [-0.05, 0) is 38.9 Å². The molecule has 0 heterocycles. The van der Waals surface area contributed by atoms with E-state index in [4.69, 9.17) is 14.0 Å². The smallest absolute Gasteiger partial charge is 0.368 e. The molecule has 0 aromatic heterocycles. The van der Waals surface area contributed by atoms with E-state index < -0.39 is 19.4 Å².